The molecule has 2 heterocycles. The molecule has 9 heteroatoms. The zero-order chi connectivity index (χ0) is 32.9. The van der Waals surface area contributed by atoms with E-state index in [1.54, 1.807) is 11.8 Å². The van der Waals surface area contributed by atoms with Gasteiger partial charge in [-0.25, -0.2) is 4.68 Å². The van der Waals surface area contributed by atoms with Crippen LogP contribution in [0.3, 0.4) is 0 Å². The topological polar surface area (TPSA) is 59.7 Å². The lowest BCUT2D eigenvalue weighted by molar-refractivity contribution is -0.114. The average molecular weight is 688 g/mol. The zero-order valence-corrected chi connectivity index (χ0v) is 27.9. The zero-order valence-electron chi connectivity index (χ0n) is 25.5. The number of halogens is 2. The number of thioether (sulfide) groups is 1. The van der Waals surface area contributed by atoms with E-state index in [1.165, 1.54) is 5.01 Å². The van der Waals surface area contributed by atoms with Gasteiger partial charge in [-0.3, -0.25) is 4.79 Å². The fraction of sp³-hybridized carbons (Fsp3) is 0.0513. The Morgan fingerprint density at radius 1 is 0.750 bits per heavy atom. The highest BCUT2D eigenvalue weighted by Crippen LogP contribution is 2.32. The fourth-order valence-electron chi connectivity index (χ4n) is 5.21. The predicted molar refractivity (Wildman–Crippen MR) is 196 cm³/mol. The van der Waals surface area contributed by atoms with E-state index in [1.807, 2.05) is 150 Å². The molecule has 1 aliphatic rings. The maximum Gasteiger partial charge on any atom is 0.280 e. The number of hydrogen-bond donors (Lipinski definition) is 0. The second-order valence-electron chi connectivity index (χ2n) is 10.9. The van der Waals surface area contributed by atoms with Crippen molar-refractivity contribution in [2.45, 2.75) is 11.5 Å². The highest BCUT2D eigenvalue weighted by molar-refractivity contribution is 8.00. The van der Waals surface area contributed by atoms with Crippen molar-refractivity contribution in [3.63, 3.8) is 0 Å². The Kier molecular flexibility index (Phi) is 9.43. The number of benzene rings is 5. The van der Waals surface area contributed by atoms with E-state index in [-0.39, 0.29) is 5.91 Å². The van der Waals surface area contributed by atoms with Gasteiger partial charge in [0.05, 0.1) is 28.4 Å². The van der Waals surface area contributed by atoms with Crippen molar-refractivity contribution >= 4 is 58.3 Å². The number of anilines is 1. The second-order valence-corrected chi connectivity index (χ2v) is 12.8. The first-order valence-corrected chi connectivity index (χ1v) is 17.0. The van der Waals surface area contributed by atoms with E-state index in [0.717, 1.165) is 33.0 Å². The molecule has 1 aromatic heterocycles. The molecular formula is C39H28Cl2N4O2S. The average Bonchev–Trinajstić information content (AvgIpc) is 3.69. The third-order valence-corrected chi connectivity index (χ3v) is 9.33. The quantitative estimate of drug-likeness (QED) is 0.106. The molecular weight excluding hydrogens is 659 g/mol. The van der Waals surface area contributed by atoms with Gasteiger partial charge >= 0.3 is 0 Å². The van der Waals surface area contributed by atoms with Crippen LogP contribution in [-0.4, -0.2) is 27.2 Å². The summed E-state index contributed by atoms with van der Waals surface area (Å²) in [6.45, 7) is 0.356. The standard InChI is InChI=1S/C39H28Cl2N4O2S/c40-30-17-21-34(22-18-30)48-26-37-35(39(46)45(42-37)32-12-5-2-6-13-32)23-29-24-44(31-10-3-1-4-11-31)43-38(29)27-15-19-33(20-16-27)47-25-28-9-7-8-14-36(28)41/h1-24H,25-26H2. The van der Waals surface area contributed by atoms with Crippen LogP contribution in [0, 0.1) is 0 Å². The lowest BCUT2D eigenvalue weighted by Gasteiger charge is -2.11. The van der Waals surface area contributed by atoms with Crippen LogP contribution in [0.1, 0.15) is 11.1 Å². The van der Waals surface area contributed by atoms with E-state index in [4.69, 9.17) is 38.1 Å². The molecule has 1 amide bonds. The number of carbonyl (C=O) groups is 1. The number of rotatable bonds is 10. The van der Waals surface area contributed by atoms with Crippen molar-refractivity contribution in [1.82, 2.24) is 9.78 Å². The fourth-order valence-corrected chi connectivity index (χ4v) is 6.37. The van der Waals surface area contributed by atoms with Gasteiger partial charge in [0.1, 0.15) is 12.4 Å². The van der Waals surface area contributed by atoms with Gasteiger partial charge in [0.2, 0.25) is 0 Å². The van der Waals surface area contributed by atoms with Crippen LogP contribution in [0.4, 0.5) is 5.69 Å². The molecule has 236 valence electrons. The lowest BCUT2D eigenvalue weighted by Crippen LogP contribution is -2.21. The minimum atomic E-state index is -0.199. The molecule has 0 radical (unpaired) electrons. The Balaban J connectivity index is 1.24. The Labute approximate surface area is 292 Å². The molecule has 0 aliphatic carbocycles. The summed E-state index contributed by atoms with van der Waals surface area (Å²) in [7, 11) is 0. The molecule has 6 nitrogen and oxygen atoms in total. The van der Waals surface area contributed by atoms with Gasteiger partial charge in [0, 0.05) is 43.6 Å². The number of aromatic nitrogens is 2. The Hall–Kier alpha value is -5.08. The van der Waals surface area contributed by atoms with Gasteiger partial charge in [0.15, 0.2) is 0 Å². The molecule has 0 spiro atoms. The maximum atomic E-state index is 14.0. The van der Waals surface area contributed by atoms with Gasteiger partial charge in [-0.15, -0.1) is 11.8 Å². The molecule has 0 fully saturated rings. The third kappa shape index (κ3) is 7.09. The monoisotopic (exact) mass is 686 g/mol. The van der Waals surface area contributed by atoms with Gasteiger partial charge in [0.25, 0.3) is 5.91 Å². The van der Waals surface area contributed by atoms with E-state index in [2.05, 4.69) is 0 Å². The SMILES string of the molecule is O=C1C(=Cc2cn(-c3ccccc3)nc2-c2ccc(OCc3ccccc3Cl)cc2)C(CSc2ccc(Cl)cc2)=NN1c1ccccc1. The molecule has 0 saturated heterocycles. The summed E-state index contributed by atoms with van der Waals surface area (Å²) in [5.41, 5.74) is 6.08. The summed E-state index contributed by atoms with van der Waals surface area (Å²) in [4.78, 5) is 15.1. The summed E-state index contributed by atoms with van der Waals surface area (Å²) in [5.74, 6) is 0.996. The van der Waals surface area contributed by atoms with Crippen LogP contribution >= 0.6 is 35.0 Å². The first-order chi connectivity index (χ1) is 23.5. The first-order valence-electron chi connectivity index (χ1n) is 15.2. The summed E-state index contributed by atoms with van der Waals surface area (Å²) in [5, 5.41) is 12.6. The number of para-hydroxylation sites is 2. The smallest absolute Gasteiger partial charge is 0.280 e. The summed E-state index contributed by atoms with van der Waals surface area (Å²) < 4.78 is 7.86. The van der Waals surface area contributed by atoms with Gasteiger partial charge in [-0.1, -0.05) is 77.8 Å². The van der Waals surface area contributed by atoms with Crippen molar-refractivity contribution in [3.05, 3.63) is 166 Å². The normalized spacial score (nSPS) is 13.6. The van der Waals surface area contributed by atoms with Crippen molar-refractivity contribution in [2.24, 2.45) is 5.10 Å². The minimum absolute atomic E-state index is 0.199. The van der Waals surface area contributed by atoms with Crippen LogP contribution in [-0.2, 0) is 11.4 Å². The van der Waals surface area contributed by atoms with Crippen molar-refractivity contribution in [2.75, 3.05) is 10.8 Å². The Morgan fingerprint density at radius 2 is 1.42 bits per heavy atom. The van der Waals surface area contributed by atoms with Crippen molar-refractivity contribution < 1.29 is 9.53 Å². The summed E-state index contributed by atoms with van der Waals surface area (Å²) in [6, 6.07) is 42.4. The summed E-state index contributed by atoms with van der Waals surface area (Å²) in [6.07, 6.45) is 3.85. The number of carbonyl (C=O) groups excluding carboxylic acids is 1. The molecule has 7 rings (SSSR count). The number of hydrazone groups is 1. The number of ether oxygens (including phenoxy) is 1. The van der Waals surface area contributed by atoms with Crippen LogP contribution in [0.2, 0.25) is 10.0 Å². The van der Waals surface area contributed by atoms with Crippen LogP contribution in [0.5, 0.6) is 5.75 Å². The van der Waals surface area contributed by atoms with Gasteiger partial charge in [-0.05, 0) is 84.9 Å². The van der Waals surface area contributed by atoms with Crippen LogP contribution in [0.15, 0.2) is 155 Å². The van der Waals surface area contributed by atoms with Crippen molar-refractivity contribution in [1.29, 1.82) is 0 Å². The molecule has 0 N–H and O–H groups in total. The molecule has 5 aromatic carbocycles. The molecule has 1 aliphatic heterocycles. The van der Waals surface area contributed by atoms with Gasteiger partial charge < -0.3 is 4.74 Å². The highest BCUT2D eigenvalue weighted by atomic mass is 35.5. The molecule has 0 bridgehead atoms. The van der Waals surface area contributed by atoms with E-state index in [0.29, 0.717) is 45.1 Å². The molecule has 0 saturated carbocycles. The Bertz CT molecular complexity index is 2110. The first kappa shape index (κ1) is 31.5. The number of hydrogen-bond acceptors (Lipinski definition) is 5. The maximum absolute atomic E-state index is 14.0. The largest absolute Gasteiger partial charge is 0.489 e. The molecule has 0 atom stereocenters. The number of amides is 1. The van der Waals surface area contributed by atoms with E-state index in [9.17, 15) is 4.79 Å². The lowest BCUT2D eigenvalue weighted by atomic mass is 10.0. The Morgan fingerprint density at radius 3 is 2.12 bits per heavy atom. The number of nitrogens with zero attached hydrogens (tertiary/aromatic N) is 4. The predicted octanol–water partition coefficient (Wildman–Crippen LogP) is 10.0. The van der Waals surface area contributed by atoms with E-state index < -0.39 is 0 Å². The second kappa shape index (κ2) is 14.4. The van der Waals surface area contributed by atoms with Gasteiger partial charge in [-0.2, -0.15) is 15.2 Å². The highest BCUT2D eigenvalue weighted by Gasteiger charge is 2.31. The molecule has 0 unspecified atom stereocenters. The van der Waals surface area contributed by atoms with Crippen molar-refractivity contribution in [3.8, 4) is 22.7 Å². The van der Waals surface area contributed by atoms with E-state index >= 15 is 0 Å². The molecule has 48 heavy (non-hydrogen) atoms. The summed E-state index contributed by atoms with van der Waals surface area (Å²) >= 11 is 14.0. The van der Waals surface area contributed by atoms with Crippen LogP contribution in [0.25, 0.3) is 23.0 Å². The van der Waals surface area contributed by atoms with Crippen LogP contribution < -0.4 is 9.75 Å². The minimum Gasteiger partial charge on any atom is -0.489 e. The third-order valence-electron chi connectivity index (χ3n) is 7.69. The molecule has 6 aromatic rings.